The van der Waals surface area contributed by atoms with Crippen LogP contribution in [0.2, 0.25) is 0 Å². The molecule has 0 aliphatic heterocycles. The summed E-state index contributed by atoms with van der Waals surface area (Å²) < 4.78 is 1.73. The van der Waals surface area contributed by atoms with E-state index in [0.717, 1.165) is 16.8 Å². The summed E-state index contributed by atoms with van der Waals surface area (Å²) in [5.74, 6) is -0.698. The number of thioether (sulfide) groups is 1. The number of nitrogens with one attached hydrogen (secondary N) is 3. The van der Waals surface area contributed by atoms with Crippen LogP contribution in [0, 0.1) is 13.8 Å². The Morgan fingerprint density at radius 1 is 1.00 bits per heavy atom. The van der Waals surface area contributed by atoms with Crippen molar-refractivity contribution in [3.05, 3.63) is 65.5 Å². The molecule has 10 heteroatoms. The molecule has 0 saturated heterocycles. The first kappa shape index (κ1) is 23.0. The number of carbonyl (C=O) groups is 3. The Balaban J connectivity index is 1.46. The molecule has 0 radical (unpaired) electrons. The zero-order valence-electron chi connectivity index (χ0n) is 18.0. The highest BCUT2D eigenvalue weighted by atomic mass is 32.2. The van der Waals surface area contributed by atoms with Gasteiger partial charge in [0.1, 0.15) is 6.33 Å². The van der Waals surface area contributed by atoms with Crippen LogP contribution in [-0.2, 0) is 16.6 Å². The Morgan fingerprint density at radius 3 is 2.44 bits per heavy atom. The van der Waals surface area contributed by atoms with Crippen molar-refractivity contribution in [2.24, 2.45) is 7.05 Å². The second-order valence-electron chi connectivity index (χ2n) is 7.12. The fraction of sp³-hybridized carbons (Fsp3) is 0.227. The molecular weight excluding hydrogens is 428 g/mol. The quantitative estimate of drug-likeness (QED) is 0.452. The third-order valence-corrected chi connectivity index (χ3v) is 5.76. The van der Waals surface area contributed by atoms with Gasteiger partial charge < -0.3 is 20.5 Å². The summed E-state index contributed by atoms with van der Waals surface area (Å²) in [5.41, 5.74) is 3.74. The number of hydrogen-bond donors (Lipinski definition) is 3. The predicted molar refractivity (Wildman–Crippen MR) is 124 cm³/mol. The molecule has 0 bridgehead atoms. The molecule has 0 fully saturated rings. The van der Waals surface area contributed by atoms with Crippen LogP contribution < -0.4 is 16.0 Å². The molecule has 0 spiro atoms. The van der Waals surface area contributed by atoms with Gasteiger partial charge in [-0.1, -0.05) is 23.9 Å². The van der Waals surface area contributed by atoms with E-state index in [0.29, 0.717) is 16.4 Å². The first-order valence-corrected chi connectivity index (χ1v) is 10.8. The molecule has 0 unspecified atom stereocenters. The molecule has 0 atom stereocenters. The Hall–Kier alpha value is -3.66. The number of carbonyl (C=O) groups excluding carboxylic acids is 3. The first-order valence-electron chi connectivity index (χ1n) is 9.84. The summed E-state index contributed by atoms with van der Waals surface area (Å²) in [5, 5.41) is 16.5. The van der Waals surface area contributed by atoms with Gasteiger partial charge in [-0.15, -0.1) is 10.2 Å². The van der Waals surface area contributed by atoms with E-state index in [9.17, 15) is 14.4 Å². The van der Waals surface area contributed by atoms with Crippen LogP contribution in [0.4, 0.5) is 11.4 Å². The van der Waals surface area contributed by atoms with E-state index < -0.39 is 0 Å². The van der Waals surface area contributed by atoms with Crippen molar-refractivity contribution in [1.82, 2.24) is 20.1 Å². The smallest absolute Gasteiger partial charge is 0.251 e. The van der Waals surface area contributed by atoms with E-state index in [4.69, 9.17) is 0 Å². The molecule has 1 aromatic heterocycles. The maximum absolute atomic E-state index is 12.3. The summed E-state index contributed by atoms with van der Waals surface area (Å²) in [4.78, 5) is 36.6. The number of aryl methyl sites for hydroxylation is 2. The van der Waals surface area contributed by atoms with Crippen LogP contribution in [0.5, 0.6) is 0 Å². The molecule has 0 aliphatic rings. The van der Waals surface area contributed by atoms with Crippen molar-refractivity contribution in [1.29, 1.82) is 0 Å². The Labute approximate surface area is 190 Å². The molecule has 2 aromatic carbocycles. The number of rotatable bonds is 8. The van der Waals surface area contributed by atoms with E-state index in [1.165, 1.54) is 11.8 Å². The maximum Gasteiger partial charge on any atom is 0.251 e. The summed E-state index contributed by atoms with van der Waals surface area (Å²) in [6, 6.07) is 12.1. The van der Waals surface area contributed by atoms with Crippen LogP contribution in [0.1, 0.15) is 21.5 Å². The number of amides is 3. The second-order valence-corrected chi connectivity index (χ2v) is 8.06. The number of anilines is 2. The van der Waals surface area contributed by atoms with E-state index in [1.54, 1.807) is 42.2 Å². The third kappa shape index (κ3) is 6.17. The Kier molecular flexibility index (Phi) is 7.61. The van der Waals surface area contributed by atoms with Crippen LogP contribution in [0.25, 0.3) is 0 Å². The lowest BCUT2D eigenvalue weighted by Gasteiger charge is -2.11. The molecular formula is C22H24N6O3S. The van der Waals surface area contributed by atoms with Gasteiger partial charge in [0.25, 0.3) is 5.91 Å². The van der Waals surface area contributed by atoms with E-state index in [-0.39, 0.29) is 30.0 Å². The van der Waals surface area contributed by atoms with Crippen molar-refractivity contribution in [2.45, 2.75) is 19.0 Å². The minimum atomic E-state index is -0.378. The monoisotopic (exact) mass is 452 g/mol. The maximum atomic E-state index is 12.3. The molecule has 0 saturated carbocycles. The minimum Gasteiger partial charge on any atom is -0.343 e. The zero-order chi connectivity index (χ0) is 23.1. The van der Waals surface area contributed by atoms with Crippen LogP contribution >= 0.6 is 11.8 Å². The third-order valence-electron chi connectivity index (χ3n) is 4.72. The average Bonchev–Trinajstić information content (AvgIpc) is 3.19. The highest BCUT2D eigenvalue weighted by Crippen LogP contribution is 2.18. The van der Waals surface area contributed by atoms with Gasteiger partial charge in [-0.2, -0.15) is 0 Å². The van der Waals surface area contributed by atoms with Crippen molar-refractivity contribution in [3.63, 3.8) is 0 Å². The molecule has 9 nitrogen and oxygen atoms in total. The van der Waals surface area contributed by atoms with Crippen LogP contribution in [-0.4, -0.2) is 44.8 Å². The van der Waals surface area contributed by atoms with Crippen LogP contribution in [0.15, 0.2) is 53.9 Å². The van der Waals surface area contributed by atoms with Gasteiger partial charge in [-0.25, -0.2) is 0 Å². The average molecular weight is 453 g/mol. The SMILES string of the molecule is Cc1cccc(NC(=O)CNC(=O)c2ccc(NC(=O)CSc3nncn3C)cc2)c1C. The topological polar surface area (TPSA) is 118 Å². The lowest BCUT2D eigenvalue weighted by Crippen LogP contribution is -2.33. The zero-order valence-corrected chi connectivity index (χ0v) is 18.8. The van der Waals surface area contributed by atoms with Gasteiger partial charge in [-0.3, -0.25) is 14.4 Å². The normalized spacial score (nSPS) is 10.5. The lowest BCUT2D eigenvalue weighted by atomic mass is 10.1. The molecule has 32 heavy (non-hydrogen) atoms. The molecule has 0 aliphatic carbocycles. The summed E-state index contributed by atoms with van der Waals surface area (Å²) in [6.07, 6.45) is 1.57. The molecule has 166 valence electrons. The first-order chi connectivity index (χ1) is 15.3. The number of hydrogen-bond acceptors (Lipinski definition) is 6. The number of benzene rings is 2. The molecule has 3 aromatic rings. The van der Waals surface area contributed by atoms with Crippen molar-refractivity contribution in [2.75, 3.05) is 22.9 Å². The fourth-order valence-corrected chi connectivity index (χ4v) is 3.47. The highest BCUT2D eigenvalue weighted by Gasteiger charge is 2.11. The fourth-order valence-electron chi connectivity index (χ4n) is 2.78. The van der Waals surface area contributed by atoms with Gasteiger partial charge in [0.05, 0.1) is 12.3 Å². The molecule has 1 heterocycles. The second kappa shape index (κ2) is 10.6. The minimum absolute atomic E-state index is 0.149. The predicted octanol–water partition coefficient (Wildman–Crippen LogP) is 2.53. The Bertz CT molecular complexity index is 1130. The number of nitrogens with zero attached hydrogens (tertiary/aromatic N) is 3. The van der Waals surface area contributed by atoms with Gasteiger partial charge in [0, 0.05) is 24.0 Å². The largest absolute Gasteiger partial charge is 0.343 e. The van der Waals surface area contributed by atoms with Crippen molar-refractivity contribution >= 4 is 40.9 Å². The van der Waals surface area contributed by atoms with E-state index in [2.05, 4.69) is 26.1 Å². The van der Waals surface area contributed by atoms with Crippen molar-refractivity contribution in [3.8, 4) is 0 Å². The molecule has 3 rings (SSSR count). The van der Waals surface area contributed by atoms with Crippen LogP contribution in [0.3, 0.4) is 0 Å². The molecule has 3 N–H and O–H groups in total. The summed E-state index contributed by atoms with van der Waals surface area (Å²) in [6.45, 7) is 3.75. The van der Waals surface area contributed by atoms with E-state index >= 15 is 0 Å². The molecule has 3 amide bonds. The van der Waals surface area contributed by atoms with Gasteiger partial charge in [-0.05, 0) is 55.3 Å². The Morgan fingerprint density at radius 2 is 1.75 bits per heavy atom. The number of aromatic nitrogens is 3. The summed E-state index contributed by atoms with van der Waals surface area (Å²) >= 11 is 1.28. The van der Waals surface area contributed by atoms with Crippen molar-refractivity contribution < 1.29 is 14.4 Å². The van der Waals surface area contributed by atoms with Gasteiger partial charge in [0.2, 0.25) is 11.8 Å². The van der Waals surface area contributed by atoms with Gasteiger partial charge in [0.15, 0.2) is 5.16 Å². The lowest BCUT2D eigenvalue weighted by molar-refractivity contribution is -0.115. The summed E-state index contributed by atoms with van der Waals surface area (Å²) in [7, 11) is 1.80. The van der Waals surface area contributed by atoms with Gasteiger partial charge >= 0.3 is 0 Å². The highest BCUT2D eigenvalue weighted by molar-refractivity contribution is 7.99. The standard InChI is InChI=1S/C22H24N6O3S/c1-14-5-4-6-18(15(14)2)26-19(29)11-23-21(31)16-7-9-17(10-8-16)25-20(30)12-32-22-27-24-13-28(22)3/h4-10,13H,11-12H2,1-3H3,(H,23,31)(H,25,30)(H,26,29). The van der Waals surface area contributed by atoms with E-state index in [1.807, 2.05) is 32.0 Å².